The lowest BCUT2D eigenvalue weighted by Crippen LogP contribution is -2.35. The van der Waals surface area contributed by atoms with E-state index < -0.39 is 0 Å². The molecule has 0 bridgehead atoms. The first-order valence-corrected chi connectivity index (χ1v) is 9.29. The van der Waals surface area contributed by atoms with E-state index >= 15 is 0 Å². The Balaban J connectivity index is 1.82. The van der Waals surface area contributed by atoms with Crippen molar-refractivity contribution in [2.45, 2.75) is 5.92 Å². The predicted octanol–water partition coefficient (Wildman–Crippen LogP) is 3.66. The Morgan fingerprint density at radius 1 is 1.28 bits per heavy atom. The molecule has 0 radical (unpaired) electrons. The van der Waals surface area contributed by atoms with E-state index in [0.717, 1.165) is 29.2 Å². The van der Waals surface area contributed by atoms with Crippen LogP contribution >= 0.6 is 22.9 Å². The summed E-state index contributed by atoms with van der Waals surface area (Å²) in [6.45, 7) is 11.0. The highest BCUT2D eigenvalue weighted by molar-refractivity contribution is 7.19. The van der Waals surface area contributed by atoms with E-state index in [1.807, 2.05) is 24.3 Å². The molecule has 5 nitrogen and oxygen atoms in total. The van der Waals surface area contributed by atoms with Crippen LogP contribution in [-0.4, -0.2) is 38.8 Å². The number of halogens is 1. The molecule has 1 atom stereocenters. The van der Waals surface area contributed by atoms with Crippen molar-refractivity contribution in [2.75, 3.05) is 37.7 Å². The van der Waals surface area contributed by atoms with Crippen LogP contribution in [0.5, 0.6) is 0 Å². The number of hydrogen-bond donors (Lipinski definition) is 1. The van der Waals surface area contributed by atoms with E-state index in [1.54, 1.807) is 0 Å². The van der Waals surface area contributed by atoms with Gasteiger partial charge in [-0.1, -0.05) is 23.7 Å². The summed E-state index contributed by atoms with van der Waals surface area (Å²) in [5, 5.41) is 4.52. The van der Waals surface area contributed by atoms with Crippen LogP contribution in [0.25, 0.3) is 4.85 Å². The van der Waals surface area contributed by atoms with Crippen LogP contribution in [0.15, 0.2) is 24.3 Å². The lowest BCUT2D eigenvalue weighted by atomic mass is 9.88. The first-order chi connectivity index (χ1) is 12.2. The molecule has 4 rings (SSSR count). The van der Waals surface area contributed by atoms with Crippen LogP contribution in [0.1, 0.15) is 26.7 Å². The highest BCUT2D eigenvalue weighted by Gasteiger charge is 2.35. The molecule has 1 fully saturated rings. The predicted molar refractivity (Wildman–Crippen MR) is 99.2 cm³/mol. The van der Waals surface area contributed by atoms with Crippen LogP contribution in [-0.2, 0) is 4.74 Å². The SMILES string of the molecule is [C-]#[N+]c1c(N2CCOCC2)sc2c1C(c1ccc(Cl)cc1)CNC2=O. The quantitative estimate of drug-likeness (QED) is 0.817. The Labute approximate surface area is 155 Å². The topological polar surface area (TPSA) is 45.9 Å². The fourth-order valence-corrected chi connectivity index (χ4v) is 4.76. The fourth-order valence-electron chi connectivity index (χ4n) is 3.36. The molecular formula is C18H16ClN3O2S. The van der Waals surface area contributed by atoms with Gasteiger partial charge in [0.2, 0.25) is 5.69 Å². The summed E-state index contributed by atoms with van der Waals surface area (Å²) >= 11 is 7.42. The van der Waals surface area contributed by atoms with Crippen molar-refractivity contribution in [3.8, 4) is 0 Å². The number of morpholine rings is 1. The van der Waals surface area contributed by atoms with Crippen molar-refractivity contribution in [1.82, 2.24) is 5.32 Å². The highest BCUT2D eigenvalue weighted by atomic mass is 35.5. The lowest BCUT2D eigenvalue weighted by Gasteiger charge is -2.28. The molecule has 2 aliphatic heterocycles. The molecule has 0 aliphatic carbocycles. The average molecular weight is 374 g/mol. The first kappa shape index (κ1) is 16.4. The zero-order valence-corrected chi connectivity index (χ0v) is 15.0. The minimum absolute atomic E-state index is 0.0277. The molecular weight excluding hydrogens is 358 g/mol. The van der Waals surface area contributed by atoms with Crippen LogP contribution < -0.4 is 10.2 Å². The third-order valence-corrected chi connectivity index (χ3v) is 6.11. The number of ether oxygens (including phenoxy) is 1. The van der Waals surface area contributed by atoms with Crippen molar-refractivity contribution < 1.29 is 9.53 Å². The Bertz CT molecular complexity index is 850. The zero-order chi connectivity index (χ0) is 17.4. The number of amides is 1. The van der Waals surface area contributed by atoms with E-state index in [-0.39, 0.29) is 11.8 Å². The van der Waals surface area contributed by atoms with Gasteiger partial charge in [-0.2, -0.15) is 0 Å². The van der Waals surface area contributed by atoms with Gasteiger partial charge < -0.3 is 15.0 Å². The summed E-state index contributed by atoms with van der Waals surface area (Å²) in [6, 6.07) is 7.63. The van der Waals surface area contributed by atoms with Crippen molar-refractivity contribution >= 4 is 39.5 Å². The Hall–Kier alpha value is -2.07. The minimum Gasteiger partial charge on any atom is -0.378 e. The van der Waals surface area contributed by atoms with Gasteiger partial charge in [0, 0.05) is 30.6 Å². The van der Waals surface area contributed by atoms with Gasteiger partial charge in [-0.3, -0.25) is 4.79 Å². The van der Waals surface area contributed by atoms with Gasteiger partial charge in [0.1, 0.15) is 0 Å². The Morgan fingerprint density at radius 3 is 2.68 bits per heavy atom. The van der Waals surface area contributed by atoms with Gasteiger partial charge in [0.25, 0.3) is 5.91 Å². The molecule has 1 N–H and O–H groups in total. The van der Waals surface area contributed by atoms with Crippen LogP contribution in [0, 0.1) is 6.57 Å². The summed E-state index contributed by atoms with van der Waals surface area (Å²) in [7, 11) is 0. The van der Waals surface area contributed by atoms with Crippen molar-refractivity contribution in [3.63, 3.8) is 0 Å². The third-order valence-electron chi connectivity index (χ3n) is 4.60. The summed E-state index contributed by atoms with van der Waals surface area (Å²) in [6.07, 6.45) is 0. The fraction of sp³-hybridized carbons (Fsp3) is 0.333. The number of nitrogens with zero attached hydrogens (tertiary/aromatic N) is 2. The smallest absolute Gasteiger partial charge is 0.260 e. The molecule has 1 amide bonds. The summed E-state index contributed by atoms with van der Waals surface area (Å²) in [5.74, 6) is -0.116. The normalized spacial score (nSPS) is 19.9. The zero-order valence-electron chi connectivity index (χ0n) is 13.4. The van der Waals surface area contributed by atoms with Gasteiger partial charge in [0.15, 0.2) is 0 Å². The molecule has 2 aromatic rings. The second kappa shape index (κ2) is 6.68. The summed E-state index contributed by atoms with van der Waals surface area (Å²) in [4.78, 5) is 19.0. The van der Waals surface area contributed by atoms with Crippen molar-refractivity contribution in [1.29, 1.82) is 0 Å². The van der Waals surface area contributed by atoms with Gasteiger partial charge in [-0.25, -0.2) is 4.85 Å². The van der Waals surface area contributed by atoms with E-state index in [9.17, 15) is 4.79 Å². The van der Waals surface area contributed by atoms with Crippen LogP contribution in [0.4, 0.5) is 10.7 Å². The van der Waals surface area contributed by atoms with E-state index in [2.05, 4.69) is 15.1 Å². The number of benzene rings is 1. The molecule has 7 heteroatoms. The summed E-state index contributed by atoms with van der Waals surface area (Å²) in [5.41, 5.74) is 2.52. The Morgan fingerprint density at radius 2 is 2.00 bits per heavy atom. The standard InChI is InChI=1S/C18H16ClN3O2S/c1-20-15-14-13(11-2-4-12(19)5-3-11)10-21-17(23)16(14)25-18(15)22-6-8-24-9-7-22/h2-5,13H,6-10H2,(H,21,23). The molecule has 1 aromatic heterocycles. The monoisotopic (exact) mass is 373 g/mol. The van der Waals surface area contributed by atoms with E-state index in [1.165, 1.54) is 11.3 Å². The molecule has 25 heavy (non-hydrogen) atoms. The van der Waals surface area contributed by atoms with Gasteiger partial charge in [-0.05, 0) is 23.3 Å². The number of anilines is 1. The Kier molecular flexibility index (Phi) is 4.38. The van der Waals surface area contributed by atoms with E-state index in [0.29, 0.717) is 35.3 Å². The van der Waals surface area contributed by atoms with Crippen molar-refractivity contribution in [2.24, 2.45) is 0 Å². The number of rotatable bonds is 2. The molecule has 1 unspecified atom stereocenters. The number of carbonyl (C=O) groups is 1. The number of hydrogen-bond acceptors (Lipinski definition) is 4. The number of fused-ring (bicyclic) bond motifs is 1. The maximum atomic E-state index is 12.4. The molecule has 3 heterocycles. The van der Waals surface area contributed by atoms with Gasteiger partial charge in [-0.15, -0.1) is 11.3 Å². The largest absolute Gasteiger partial charge is 0.378 e. The van der Waals surface area contributed by atoms with Crippen LogP contribution in [0.2, 0.25) is 5.02 Å². The van der Waals surface area contributed by atoms with Gasteiger partial charge in [0.05, 0.1) is 29.7 Å². The highest BCUT2D eigenvalue weighted by Crippen LogP contribution is 2.49. The molecule has 128 valence electrons. The van der Waals surface area contributed by atoms with Crippen LogP contribution in [0.3, 0.4) is 0 Å². The van der Waals surface area contributed by atoms with Gasteiger partial charge >= 0.3 is 0 Å². The van der Waals surface area contributed by atoms with E-state index in [4.69, 9.17) is 22.9 Å². The second-order valence-corrected chi connectivity index (χ2v) is 7.46. The molecule has 2 aliphatic rings. The minimum atomic E-state index is -0.0883. The first-order valence-electron chi connectivity index (χ1n) is 8.09. The molecule has 1 saturated heterocycles. The molecule has 1 aromatic carbocycles. The number of thiophene rings is 1. The third kappa shape index (κ3) is 2.89. The lowest BCUT2D eigenvalue weighted by molar-refractivity contribution is 0.0947. The number of carbonyl (C=O) groups excluding carboxylic acids is 1. The van der Waals surface area contributed by atoms with Crippen molar-refractivity contribution in [3.05, 3.63) is 56.7 Å². The maximum absolute atomic E-state index is 12.4. The maximum Gasteiger partial charge on any atom is 0.260 e. The summed E-state index contributed by atoms with van der Waals surface area (Å²) < 4.78 is 5.41. The molecule has 0 spiro atoms. The number of nitrogens with one attached hydrogen (secondary N) is 1. The average Bonchev–Trinajstić information content (AvgIpc) is 3.04. The molecule has 0 saturated carbocycles. The second-order valence-electron chi connectivity index (χ2n) is 6.02.